The van der Waals surface area contributed by atoms with E-state index in [1.807, 2.05) is 18.2 Å². The summed E-state index contributed by atoms with van der Waals surface area (Å²) in [6, 6.07) is 8.13. The van der Waals surface area contributed by atoms with E-state index in [1.165, 1.54) is 5.56 Å². The molecule has 1 aromatic carbocycles. The molecule has 2 aliphatic heterocycles. The number of hydrogen-bond acceptors (Lipinski definition) is 4. The molecule has 2 aliphatic rings. The van der Waals surface area contributed by atoms with Crippen molar-refractivity contribution in [1.82, 2.24) is 10.2 Å². The van der Waals surface area contributed by atoms with Crippen LogP contribution < -0.4 is 10.6 Å². The number of amides is 1. The molecule has 2 fully saturated rings. The summed E-state index contributed by atoms with van der Waals surface area (Å²) in [6.45, 7) is 8.65. The van der Waals surface area contributed by atoms with Crippen LogP contribution in [0, 0.1) is 5.92 Å². The molecular formula is C18H29Cl2N3O2. The van der Waals surface area contributed by atoms with E-state index in [9.17, 15) is 4.79 Å². The topological polar surface area (TPSA) is 53.6 Å². The SMILES string of the molecule is CC1CN(Cc2ccccc2NC(=O)C2CCNC2)CC(C)O1.Cl.Cl. The molecule has 0 spiro atoms. The molecule has 1 amide bonds. The Labute approximate surface area is 162 Å². The van der Waals surface area contributed by atoms with Crippen LogP contribution in [0.4, 0.5) is 5.69 Å². The number of carbonyl (C=O) groups is 1. The summed E-state index contributed by atoms with van der Waals surface area (Å²) in [5.74, 6) is 0.220. The first-order valence-electron chi connectivity index (χ1n) is 8.59. The normalized spacial score (nSPS) is 26.4. The fourth-order valence-corrected chi connectivity index (χ4v) is 3.55. The van der Waals surface area contributed by atoms with E-state index in [4.69, 9.17) is 4.74 Å². The van der Waals surface area contributed by atoms with E-state index in [1.54, 1.807) is 0 Å². The molecule has 5 nitrogen and oxygen atoms in total. The summed E-state index contributed by atoms with van der Waals surface area (Å²) in [5, 5.41) is 6.37. The first-order chi connectivity index (χ1) is 11.1. The number of para-hydroxylation sites is 1. The number of morpholine rings is 1. The second-order valence-electron chi connectivity index (χ2n) is 6.79. The van der Waals surface area contributed by atoms with E-state index >= 15 is 0 Å². The molecule has 3 rings (SSSR count). The number of hydrogen-bond donors (Lipinski definition) is 2. The Morgan fingerprint density at radius 3 is 2.56 bits per heavy atom. The van der Waals surface area contributed by atoms with Gasteiger partial charge in [0.25, 0.3) is 0 Å². The van der Waals surface area contributed by atoms with Crippen molar-refractivity contribution in [1.29, 1.82) is 0 Å². The highest BCUT2D eigenvalue weighted by Gasteiger charge is 2.25. The molecule has 0 bridgehead atoms. The second-order valence-corrected chi connectivity index (χ2v) is 6.79. The van der Waals surface area contributed by atoms with Crippen molar-refractivity contribution in [3.8, 4) is 0 Å². The monoisotopic (exact) mass is 389 g/mol. The third-order valence-electron chi connectivity index (χ3n) is 4.60. The number of halogens is 2. The fraction of sp³-hybridized carbons (Fsp3) is 0.611. The van der Waals surface area contributed by atoms with E-state index in [-0.39, 0.29) is 48.8 Å². The number of rotatable bonds is 4. The van der Waals surface area contributed by atoms with Gasteiger partial charge in [-0.1, -0.05) is 18.2 Å². The highest BCUT2D eigenvalue weighted by Crippen LogP contribution is 2.21. The third-order valence-corrected chi connectivity index (χ3v) is 4.60. The van der Waals surface area contributed by atoms with Crippen molar-refractivity contribution >= 4 is 36.4 Å². The Kier molecular flexibility index (Phi) is 9.17. The first kappa shape index (κ1) is 22.2. The Morgan fingerprint density at radius 2 is 1.92 bits per heavy atom. The smallest absolute Gasteiger partial charge is 0.228 e. The number of nitrogens with zero attached hydrogens (tertiary/aromatic N) is 1. The second kappa shape index (κ2) is 10.3. The molecule has 1 aromatic rings. The van der Waals surface area contributed by atoms with Gasteiger partial charge in [-0.05, 0) is 38.4 Å². The highest BCUT2D eigenvalue weighted by atomic mass is 35.5. The van der Waals surface area contributed by atoms with Crippen LogP contribution >= 0.6 is 24.8 Å². The fourth-order valence-electron chi connectivity index (χ4n) is 3.55. The van der Waals surface area contributed by atoms with E-state index in [0.717, 1.165) is 44.8 Å². The Hall–Kier alpha value is -0.850. The lowest BCUT2D eigenvalue weighted by molar-refractivity contribution is -0.119. The van der Waals surface area contributed by atoms with E-state index in [0.29, 0.717) is 0 Å². The van der Waals surface area contributed by atoms with Gasteiger partial charge in [0, 0.05) is 31.9 Å². The van der Waals surface area contributed by atoms with Crippen LogP contribution in [0.5, 0.6) is 0 Å². The number of ether oxygens (including phenoxy) is 1. The number of nitrogens with one attached hydrogen (secondary N) is 2. The summed E-state index contributed by atoms with van der Waals surface area (Å²) in [4.78, 5) is 14.8. The molecular weight excluding hydrogens is 361 g/mol. The summed E-state index contributed by atoms with van der Waals surface area (Å²) < 4.78 is 5.80. The molecule has 2 heterocycles. The van der Waals surface area contributed by atoms with Gasteiger partial charge >= 0.3 is 0 Å². The third kappa shape index (κ3) is 6.12. The van der Waals surface area contributed by atoms with Crippen LogP contribution in [0.15, 0.2) is 24.3 Å². The maximum atomic E-state index is 12.4. The largest absolute Gasteiger partial charge is 0.373 e. The van der Waals surface area contributed by atoms with Crippen molar-refractivity contribution in [2.75, 3.05) is 31.5 Å². The van der Waals surface area contributed by atoms with Crippen molar-refractivity contribution in [2.45, 2.75) is 39.0 Å². The quantitative estimate of drug-likeness (QED) is 0.830. The van der Waals surface area contributed by atoms with Gasteiger partial charge in [0.1, 0.15) is 0 Å². The van der Waals surface area contributed by atoms with Crippen molar-refractivity contribution in [3.63, 3.8) is 0 Å². The molecule has 142 valence electrons. The Balaban J connectivity index is 0.00000156. The molecule has 2 saturated heterocycles. The molecule has 0 radical (unpaired) electrons. The van der Waals surface area contributed by atoms with Gasteiger partial charge in [0.05, 0.1) is 18.1 Å². The minimum atomic E-state index is 0. The van der Waals surface area contributed by atoms with Crippen LogP contribution in [-0.2, 0) is 16.1 Å². The maximum absolute atomic E-state index is 12.4. The zero-order valence-electron chi connectivity index (χ0n) is 14.9. The van der Waals surface area contributed by atoms with E-state index < -0.39 is 0 Å². The maximum Gasteiger partial charge on any atom is 0.228 e. The molecule has 0 aliphatic carbocycles. The summed E-state index contributed by atoms with van der Waals surface area (Å²) in [5.41, 5.74) is 2.12. The summed E-state index contributed by atoms with van der Waals surface area (Å²) >= 11 is 0. The van der Waals surface area contributed by atoms with Gasteiger partial charge in [0.15, 0.2) is 0 Å². The lowest BCUT2D eigenvalue weighted by Gasteiger charge is -2.35. The minimum absolute atomic E-state index is 0. The Bertz CT molecular complexity index is 543. The zero-order chi connectivity index (χ0) is 16.2. The lowest BCUT2D eigenvalue weighted by atomic mass is 10.1. The lowest BCUT2D eigenvalue weighted by Crippen LogP contribution is -2.44. The molecule has 25 heavy (non-hydrogen) atoms. The number of carbonyl (C=O) groups excluding carboxylic acids is 1. The molecule has 7 heteroatoms. The number of benzene rings is 1. The number of anilines is 1. The van der Waals surface area contributed by atoms with Crippen molar-refractivity contribution < 1.29 is 9.53 Å². The predicted molar refractivity (Wildman–Crippen MR) is 106 cm³/mol. The zero-order valence-corrected chi connectivity index (χ0v) is 16.5. The van der Waals surface area contributed by atoms with Gasteiger partial charge in [-0.25, -0.2) is 0 Å². The highest BCUT2D eigenvalue weighted by molar-refractivity contribution is 5.93. The minimum Gasteiger partial charge on any atom is -0.373 e. The van der Waals surface area contributed by atoms with Gasteiger partial charge in [-0.2, -0.15) is 0 Å². The van der Waals surface area contributed by atoms with Crippen LogP contribution in [0.2, 0.25) is 0 Å². The van der Waals surface area contributed by atoms with Crippen molar-refractivity contribution in [3.05, 3.63) is 29.8 Å². The van der Waals surface area contributed by atoms with Gasteiger partial charge in [-0.3, -0.25) is 9.69 Å². The van der Waals surface area contributed by atoms with Crippen molar-refractivity contribution in [2.24, 2.45) is 5.92 Å². The van der Waals surface area contributed by atoms with Crippen LogP contribution in [-0.4, -0.2) is 49.2 Å². The summed E-state index contributed by atoms with van der Waals surface area (Å²) in [7, 11) is 0. The average Bonchev–Trinajstić information content (AvgIpc) is 3.02. The van der Waals surface area contributed by atoms with Crippen LogP contribution in [0.3, 0.4) is 0 Å². The Morgan fingerprint density at radius 1 is 1.24 bits per heavy atom. The molecule has 0 saturated carbocycles. The molecule has 3 unspecified atom stereocenters. The van der Waals surface area contributed by atoms with Crippen LogP contribution in [0.25, 0.3) is 0 Å². The van der Waals surface area contributed by atoms with Gasteiger partial charge in [0.2, 0.25) is 5.91 Å². The van der Waals surface area contributed by atoms with Gasteiger partial charge < -0.3 is 15.4 Å². The average molecular weight is 390 g/mol. The standard InChI is InChI=1S/C18H27N3O2.2ClH/c1-13-10-21(11-14(2)23-13)12-16-5-3-4-6-17(16)20-18(22)15-7-8-19-9-15;;/h3-6,13-15,19H,7-12H2,1-2H3,(H,20,22);2*1H. The van der Waals surface area contributed by atoms with Gasteiger partial charge in [-0.15, -0.1) is 24.8 Å². The molecule has 2 N–H and O–H groups in total. The molecule has 3 atom stereocenters. The first-order valence-corrected chi connectivity index (χ1v) is 8.59. The molecule has 0 aromatic heterocycles. The van der Waals surface area contributed by atoms with E-state index in [2.05, 4.69) is 35.4 Å². The van der Waals surface area contributed by atoms with Crippen LogP contribution in [0.1, 0.15) is 25.8 Å². The summed E-state index contributed by atoms with van der Waals surface area (Å²) in [6.07, 6.45) is 1.43. The predicted octanol–water partition coefficient (Wildman–Crippen LogP) is 2.69.